The molecule has 0 bridgehead atoms. The van der Waals surface area contributed by atoms with E-state index in [1.807, 2.05) is 11.8 Å². The van der Waals surface area contributed by atoms with Crippen LogP contribution in [0.15, 0.2) is 0 Å². The van der Waals surface area contributed by atoms with Crippen LogP contribution in [0.5, 0.6) is 0 Å². The van der Waals surface area contributed by atoms with Crippen LogP contribution in [0, 0.1) is 0 Å². The maximum Gasteiger partial charge on any atom is 0.0377 e. The molecule has 0 aromatic heterocycles. The third-order valence-corrected chi connectivity index (χ3v) is 2.40. The van der Waals surface area contributed by atoms with Crippen molar-refractivity contribution in [3.05, 3.63) is 0 Å². The zero-order valence-electron chi connectivity index (χ0n) is 6.69. The van der Waals surface area contributed by atoms with E-state index in [1.165, 1.54) is 5.75 Å². The SMILES string of the molecule is CCC(CCl)NCCSC. The van der Waals surface area contributed by atoms with E-state index in [2.05, 4.69) is 18.5 Å². The van der Waals surface area contributed by atoms with Gasteiger partial charge >= 0.3 is 0 Å². The summed E-state index contributed by atoms with van der Waals surface area (Å²) in [5, 5.41) is 3.37. The predicted octanol–water partition coefficient (Wildman–Crippen LogP) is 1.96. The topological polar surface area (TPSA) is 12.0 Å². The minimum Gasteiger partial charge on any atom is -0.312 e. The minimum atomic E-state index is 0.508. The zero-order valence-corrected chi connectivity index (χ0v) is 8.26. The van der Waals surface area contributed by atoms with Gasteiger partial charge in [0.05, 0.1) is 0 Å². The summed E-state index contributed by atoms with van der Waals surface area (Å²) >= 11 is 7.54. The summed E-state index contributed by atoms with van der Waals surface area (Å²) in [6, 6.07) is 0.508. The molecule has 0 aliphatic carbocycles. The van der Waals surface area contributed by atoms with Crippen molar-refractivity contribution in [2.24, 2.45) is 0 Å². The first-order valence-electron chi connectivity index (χ1n) is 3.63. The Morgan fingerprint density at radius 3 is 2.70 bits per heavy atom. The molecule has 0 aliphatic rings. The molecule has 3 heteroatoms. The Hall–Kier alpha value is 0.600. The molecule has 1 atom stereocenters. The summed E-state index contributed by atoms with van der Waals surface area (Å²) in [6.07, 6.45) is 3.24. The van der Waals surface area contributed by atoms with Crippen LogP contribution in [-0.4, -0.2) is 30.5 Å². The van der Waals surface area contributed by atoms with Gasteiger partial charge in [-0.2, -0.15) is 11.8 Å². The van der Waals surface area contributed by atoms with E-state index < -0.39 is 0 Å². The molecule has 0 aromatic rings. The van der Waals surface area contributed by atoms with Gasteiger partial charge in [-0.05, 0) is 12.7 Å². The molecule has 0 aromatic carbocycles. The lowest BCUT2D eigenvalue weighted by molar-refractivity contribution is 0.560. The molecule has 0 radical (unpaired) electrons. The molecule has 0 heterocycles. The number of hydrogen-bond donors (Lipinski definition) is 1. The first-order chi connectivity index (χ1) is 4.85. The van der Waals surface area contributed by atoms with Crippen LogP contribution in [0.4, 0.5) is 0 Å². The van der Waals surface area contributed by atoms with Crippen LogP contribution in [-0.2, 0) is 0 Å². The number of thioether (sulfide) groups is 1. The van der Waals surface area contributed by atoms with Crippen LogP contribution in [0.2, 0.25) is 0 Å². The van der Waals surface area contributed by atoms with Crippen molar-refractivity contribution in [1.82, 2.24) is 5.32 Å². The zero-order chi connectivity index (χ0) is 7.82. The molecule has 1 nitrogen and oxygen atoms in total. The smallest absolute Gasteiger partial charge is 0.0377 e. The third-order valence-electron chi connectivity index (χ3n) is 1.42. The van der Waals surface area contributed by atoms with Gasteiger partial charge in [-0.15, -0.1) is 11.6 Å². The summed E-state index contributed by atoms with van der Waals surface area (Å²) in [4.78, 5) is 0. The predicted molar refractivity (Wildman–Crippen MR) is 51.2 cm³/mol. The van der Waals surface area contributed by atoms with E-state index >= 15 is 0 Å². The summed E-state index contributed by atoms with van der Waals surface area (Å²) < 4.78 is 0. The van der Waals surface area contributed by atoms with Crippen LogP contribution in [0.25, 0.3) is 0 Å². The Morgan fingerprint density at radius 1 is 1.60 bits per heavy atom. The standard InChI is InChI=1S/C7H16ClNS/c1-3-7(6-8)9-4-5-10-2/h7,9H,3-6H2,1-2H3. The average Bonchev–Trinajstić information content (AvgIpc) is 1.99. The van der Waals surface area contributed by atoms with E-state index in [1.54, 1.807) is 0 Å². The van der Waals surface area contributed by atoms with Crippen LogP contribution < -0.4 is 5.32 Å². The summed E-state index contributed by atoms with van der Waals surface area (Å²) in [5.74, 6) is 1.90. The van der Waals surface area contributed by atoms with Crippen molar-refractivity contribution in [2.45, 2.75) is 19.4 Å². The highest BCUT2D eigenvalue weighted by atomic mass is 35.5. The Labute approximate surface area is 72.9 Å². The fourth-order valence-electron chi connectivity index (χ4n) is 0.673. The second-order valence-corrected chi connectivity index (χ2v) is 3.50. The summed E-state index contributed by atoms with van der Waals surface area (Å²) in [7, 11) is 0. The second kappa shape index (κ2) is 7.70. The van der Waals surface area contributed by atoms with Crippen LogP contribution >= 0.6 is 23.4 Å². The number of halogens is 1. The van der Waals surface area contributed by atoms with Crippen molar-refractivity contribution in [3.8, 4) is 0 Å². The van der Waals surface area contributed by atoms with Gasteiger partial charge in [-0.25, -0.2) is 0 Å². The lowest BCUT2D eigenvalue weighted by Gasteiger charge is -2.12. The first-order valence-corrected chi connectivity index (χ1v) is 5.56. The highest BCUT2D eigenvalue weighted by Gasteiger charge is 2.00. The van der Waals surface area contributed by atoms with Gasteiger partial charge in [0.1, 0.15) is 0 Å². The average molecular weight is 182 g/mol. The van der Waals surface area contributed by atoms with Gasteiger partial charge < -0.3 is 5.32 Å². The van der Waals surface area contributed by atoms with E-state index in [-0.39, 0.29) is 0 Å². The highest BCUT2D eigenvalue weighted by Crippen LogP contribution is 1.94. The Kier molecular flexibility index (Phi) is 8.17. The lowest BCUT2D eigenvalue weighted by Crippen LogP contribution is -2.31. The van der Waals surface area contributed by atoms with Crippen LogP contribution in [0.3, 0.4) is 0 Å². The summed E-state index contributed by atoms with van der Waals surface area (Å²) in [5.41, 5.74) is 0. The quantitative estimate of drug-likeness (QED) is 0.497. The van der Waals surface area contributed by atoms with Gasteiger partial charge in [0.2, 0.25) is 0 Å². The monoisotopic (exact) mass is 181 g/mol. The maximum absolute atomic E-state index is 5.68. The third kappa shape index (κ3) is 5.39. The molecular weight excluding hydrogens is 166 g/mol. The van der Waals surface area contributed by atoms with Crippen molar-refractivity contribution in [1.29, 1.82) is 0 Å². The lowest BCUT2D eigenvalue weighted by atomic mass is 10.3. The van der Waals surface area contributed by atoms with Gasteiger partial charge in [0.15, 0.2) is 0 Å². The second-order valence-electron chi connectivity index (χ2n) is 2.21. The van der Waals surface area contributed by atoms with E-state index in [4.69, 9.17) is 11.6 Å². The van der Waals surface area contributed by atoms with E-state index in [0.29, 0.717) is 6.04 Å². The highest BCUT2D eigenvalue weighted by molar-refractivity contribution is 7.98. The normalized spacial score (nSPS) is 13.5. The van der Waals surface area contributed by atoms with Gasteiger partial charge in [-0.1, -0.05) is 6.92 Å². The number of hydrogen-bond acceptors (Lipinski definition) is 2. The van der Waals surface area contributed by atoms with Gasteiger partial charge in [0.25, 0.3) is 0 Å². The Morgan fingerprint density at radius 2 is 2.30 bits per heavy atom. The molecule has 1 unspecified atom stereocenters. The molecule has 1 N–H and O–H groups in total. The molecule has 0 amide bonds. The molecule has 62 valence electrons. The Bertz CT molecular complexity index is 66.6. The van der Waals surface area contributed by atoms with Gasteiger partial charge in [0, 0.05) is 24.2 Å². The molecule has 0 rings (SSSR count). The molecule has 0 spiro atoms. The van der Waals surface area contributed by atoms with Crippen LogP contribution in [0.1, 0.15) is 13.3 Å². The molecule has 0 fully saturated rings. The van der Waals surface area contributed by atoms with Gasteiger partial charge in [-0.3, -0.25) is 0 Å². The molecule has 0 aliphatic heterocycles. The molecule has 0 saturated heterocycles. The van der Waals surface area contributed by atoms with Crippen molar-refractivity contribution < 1.29 is 0 Å². The van der Waals surface area contributed by atoms with E-state index in [9.17, 15) is 0 Å². The number of rotatable bonds is 6. The number of nitrogens with one attached hydrogen (secondary N) is 1. The molecule has 10 heavy (non-hydrogen) atoms. The Balaban J connectivity index is 3.09. The van der Waals surface area contributed by atoms with Crippen molar-refractivity contribution >= 4 is 23.4 Å². The number of alkyl halides is 1. The van der Waals surface area contributed by atoms with Crippen molar-refractivity contribution in [2.75, 3.05) is 24.4 Å². The molecule has 0 saturated carbocycles. The fourth-order valence-corrected chi connectivity index (χ4v) is 1.32. The minimum absolute atomic E-state index is 0.508. The largest absolute Gasteiger partial charge is 0.312 e. The fraction of sp³-hybridized carbons (Fsp3) is 1.00. The first kappa shape index (κ1) is 10.6. The summed E-state index contributed by atoms with van der Waals surface area (Å²) in [6.45, 7) is 3.23. The molecular formula is C7H16ClNS. The van der Waals surface area contributed by atoms with Crippen molar-refractivity contribution in [3.63, 3.8) is 0 Å². The van der Waals surface area contributed by atoms with E-state index in [0.717, 1.165) is 18.8 Å². The maximum atomic E-state index is 5.68.